The number of carbonyl (C=O) groups is 1. The van der Waals surface area contributed by atoms with Crippen LogP contribution in [0, 0.1) is 0 Å². The second-order valence-electron chi connectivity index (χ2n) is 7.18. The number of piperidine rings is 1. The molecule has 2 heterocycles. The number of carbonyl (C=O) groups excluding carboxylic acids is 1. The molecular weight excluding hydrogens is 278 g/mol. The van der Waals surface area contributed by atoms with Gasteiger partial charge in [0, 0.05) is 37.8 Å². The van der Waals surface area contributed by atoms with E-state index in [1.807, 2.05) is 4.90 Å². The Morgan fingerprint density at radius 2 is 1.73 bits per heavy atom. The van der Waals surface area contributed by atoms with E-state index in [1.54, 1.807) is 0 Å². The van der Waals surface area contributed by atoms with Crippen molar-refractivity contribution < 1.29 is 9.53 Å². The molecule has 1 saturated carbocycles. The fraction of sp³-hybridized carbons (Fsp3) is 0.941. The predicted octanol–water partition coefficient (Wildman–Crippen LogP) is 2.26. The maximum absolute atomic E-state index is 12.3. The molecule has 3 aliphatic rings. The molecule has 2 amide bonds. The fourth-order valence-electron chi connectivity index (χ4n) is 4.02. The first-order valence-corrected chi connectivity index (χ1v) is 9.15. The van der Waals surface area contributed by atoms with Crippen LogP contribution in [0.3, 0.4) is 0 Å². The van der Waals surface area contributed by atoms with Gasteiger partial charge in [-0.1, -0.05) is 19.3 Å². The molecule has 22 heavy (non-hydrogen) atoms. The molecular formula is C17H31N3O2. The van der Waals surface area contributed by atoms with Crippen molar-refractivity contribution in [1.82, 2.24) is 15.5 Å². The Labute approximate surface area is 134 Å². The van der Waals surface area contributed by atoms with E-state index in [-0.39, 0.29) is 6.03 Å². The molecule has 0 unspecified atom stereocenters. The lowest BCUT2D eigenvalue weighted by atomic mass is 9.95. The van der Waals surface area contributed by atoms with Crippen molar-refractivity contribution >= 4 is 6.03 Å². The molecule has 3 rings (SSSR count). The van der Waals surface area contributed by atoms with Gasteiger partial charge in [0.25, 0.3) is 0 Å². The number of ether oxygens (including phenoxy) is 1. The highest BCUT2D eigenvalue weighted by Gasteiger charge is 2.29. The molecule has 5 nitrogen and oxygen atoms in total. The van der Waals surface area contributed by atoms with Crippen molar-refractivity contribution in [2.45, 2.75) is 82.5 Å². The molecule has 126 valence electrons. The molecule has 0 radical (unpaired) electrons. The maximum atomic E-state index is 12.3. The zero-order valence-corrected chi connectivity index (χ0v) is 13.9. The Morgan fingerprint density at radius 3 is 2.36 bits per heavy atom. The summed E-state index contributed by atoms with van der Waals surface area (Å²) in [6.07, 6.45) is 9.72. The highest BCUT2D eigenvalue weighted by Crippen LogP contribution is 2.19. The van der Waals surface area contributed by atoms with E-state index in [0.717, 1.165) is 51.8 Å². The quantitative estimate of drug-likeness (QED) is 0.841. The minimum absolute atomic E-state index is 0.155. The Morgan fingerprint density at radius 1 is 1.00 bits per heavy atom. The molecule has 3 fully saturated rings. The van der Waals surface area contributed by atoms with E-state index < -0.39 is 0 Å². The highest BCUT2D eigenvalue weighted by atomic mass is 16.5. The van der Waals surface area contributed by atoms with E-state index in [1.165, 1.54) is 19.3 Å². The van der Waals surface area contributed by atoms with Gasteiger partial charge in [0.05, 0.1) is 6.10 Å². The predicted molar refractivity (Wildman–Crippen MR) is 87.0 cm³/mol. The van der Waals surface area contributed by atoms with Gasteiger partial charge in [-0.3, -0.25) is 0 Å². The van der Waals surface area contributed by atoms with Crippen LogP contribution in [0.25, 0.3) is 0 Å². The van der Waals surface area contributed by atoms with E-state index in [2.05, 4.69) is 17.6 Å². The number of urea groups is 1. The van der Waals surface area contributed by atoms with Gasteiger partial charge in [-0.15, -0.1) is 0 Å². The monoisotopic (exact) mass is 309 g/mol. The van der Waals surface area contributed by atoms with Crippen LogP contribution in [0.4, 0.5) is 4.79 Å². The third kappa shape index (κ3) is 4.13. The zero-order chi connectivity index (χ0) is 15.4. The van der Waals surface area contributed by atoms with Crippen LogP contribution in [0.1, 0.15) is 58.3 Å². The van der Waals surface area contributed by atoms with Gasteiger partial charge in [-0.2, -0.15) is 0 Å². The van der Waals surface area contributed by atoms with Crippen molar-refractivity contribution in [3.63, 3.8) is 0 Å². The third-order valence-corrected chi connectivity index (χ3v) is 5.54. The number of nitrogens with zero attached hydrogens (tertiary/aromatic N) is 1. The Bertz CT molecular complexity index is 363. The Kier molecular flexibility index (Phi) is 5.58. The Hall–Kier alpha value is -0.810. The molecule has 0 spiro atoms. The first kappa shape index (κ1) is 16.1. The maximum Gasteiger partial charge on any atom is 0.317 e. The van der Waals surface area contributed by atoms with Crippen molar-refractivity contribution in [3.05, 3.63) is 0 Å². The SMILES string of the molecule is C[C@H]1OCC[C@H]1NC1CCN(C(=O)NC2CCCCC2)CC1. The standard InChI is InChI=1S/C17H31N3O2/c1-13-16(9-12-22-13)18-15-7-10-20(11-8-15)17(21)19-14-5-3-2-4-6-14/h13-16,18H,2-12H2,1H3,(H,19,21)/t13-,16-/m1/s1. The van der Waals surface area contributed by atoms with Crippen LogP contribution in [0.2, 0.25) is 0 Å². The molecule has 0 aromatic heterocycles. The number of hydrogen-bond acceptors (Lipinski definition) is 3. The van der Waals surface area contributed by atoms with Crippen molar-refractivity contribution in [2.24, 2.45) is 0 Å². The second-order valence-corrected chi connectivity index (χ2v) is 7.18. The van der Waals surface area contributed by atoms with Crippen LogP contribution < -0.4 is 10.6 Å². The third-order valence-electron chi connectivity index (χ3n) is 5.54. The van der Waals surface area contributed by atoms with Gasteiger partial charge >= 0.3 is 6.03 Å². The van der Waals surface area contributed by atoms with Crippen LogP contribution in [-0.2, 0) is 4.74 Å². The summed E-state index contributed by atoms with van der Waals surface area (Å²) in [6.45, 7) is 4.77. The molecule has 0 aromatic rings. The van der Waals surface area contributed by atoms with Crippen LogP contribution >= 0.6 is 0 Å². The zero-order valence-electron chi connectivity index (χ0n) is 13.9. The molecule has 5 heteroatoms. The molecule has 2 atom stereocenters. The van der Waals surface area contributed by atoms with Crippen molar-refractivity contribution in [2.75, 3.05) is 19.7 Å². The second kappa shape index (κ2) is 7.64. The average Bonchev–Trinajstić information content (AvgIpc) is 2.94. The summed E-state index contributed by atoms with van der Waals surface area (Å²) in [5, 5.41) is 6.96. The summed E-state index contributed by atoms with van der Waals surface area (Å²) in [6, 6.07) is 1.59. The minimum atomic E-state index is 0.155. The number of amides is 2. The van der Waals surface area contributed by atoms with Gasteiger partial charge < -0.3 is 20.3 Å². The number of rotatable bonds is 3. The fourth-order valence-corrected chi connectivity index (χ4v) is 4.02. The van der Waals surface area contributed by atoms with E-state index in [0.29, 0.717) is 24.2 Å². The summed E-state index contributed by atoms with van der Waals surface area (Å²) >= 11 is 0. The number of nitrogens with one attached hydrogen (secondary N) is 2. The minimum Gasteiger partial charge on any atom is -0.377 e. The van der Waals surface area contributed by atoms with E-state index in [4.69, 9.17) is 4.74 Å². The summed E-state index contributed by atoms with van der Waals surface area (Å²) < 4.78 is 5.61. The summed E-state index contributed by atoms with van der Waals surface area (Å²) in [4.78, 5) is 14.3. The Balaban J connectivity index is 1.38. The topological polar surface area (TPSA) is 53.6 Å². The average molecular weight is 309 g/mol. The van der Waals surface area contributed by atoms with Gasteiger partial charge in [0.15, 0.2) is 0 Å². The van der Waals surface area contributed by atoms with Gasteiger partial charge in [-0.05, 0) is 39.0 Å². The van der Waals surface area contributed by atoms with Crippen LogP contribution in [-0.4, -0.2) is 54.9 Å². The van der Waals surface area contributed by atoms with Gasteiger partial charge in [-0.25, -0.2) is 4.79 Å². The van der Waals surface area contributed by atoms with Crippen molar-refractivity contribution in [1.29, 1.82) is 0 Å². The summed E-state index contributed by atoms with van der Waals surface area (Å²) in [7, 11) is 0. The summed E-state index contributed by atoms with van der Waals surface area (Å²) in [5.74, 6) is 0. The highest BCUT2D eigenvalue weighted by molar-refractivity contribution is 5.74. The van der Waals surface area contributed by atoms with E-state index in [9.17, 15) is 4.79 Å². The van der Waals surface area contributed by atoms with Crippen molar-refractivity contribution in [3.8, 4) is 0 Å². The lowest BCUT2D eigenvalue weighted by molar-refractivity contribution is 0.107. The molecule has 2 N–H and O–H groups in total. The van der Waals surface area contributed by atoms with Crippen LogP contribution in [0.5, 0.6) is 0 Å². The first-order valence-electron chi connectivity index (χ1n) is 9.15. The lowest BCUT2D eigenvalue weighted by Crippen LogP contribution is -2.52. The molecule has 2 saturated heterocycles. The number of likely N-dealkylation sites (tertiary alicyclic amines) is 1. The molecule has 0 bridgehead atoms. The molecule has 1 aliphatic carbocycles. The first-order chi connectivity index (χ1) is 10.7. The normalized spacial score (nSPS) is 31.4. The van der Waals surface area contributed by atoms with Gasteiger partial charge in [0.2, 0.25) is 0 Å². The van der Waals surface area contributed by atoms with Gasteiger partial charge in [0.1, 0.15) is 0 Å². The largest absolute Gasteiger partial charge is 0.377 e. The van der Waals surface area contributed by atoms with Crippen LogP contribution in [0.15, 0.2) is 0 Å². The number of hydrogen-bond donors (Lipinski definition) is 2. The smallest absolute Gasteiger partial charge is 0.317 e. The molecule has 2 aliphatic heterocycles. The lowest BCUT2D eigenvalue weighted by Gasteiger charge is -2.35. The molecule has 0 aromatic carbocycles. The van der Waals surface area contributed by atoms with E-state index >= 15 is 0 Å². The summed E-state index contributed by atoms with van der Waals surface area (Å²) in [5.41, 5.74) is 0.